The highest BCUT2D eigenvalue weighted by Gasteiger charge is 2.34. The Balaban J connectivity index is 3.08. The normalized spacial score (nSPS) is 14.3. The first-order valence-electron chi connectivity index (χ1n) is 8.00. The Morgan fingerprint density at radius 1 is 1.17 bits per heavy atom. The van der Waals surface area contributed by atoms with E-state index in [9.17, 15) is 13.2 Å². The van der Waals surface area contributed by atoms with Gasteiger partial charge in [0.1, 0.15) is 0 Å². The van der Waals surface area contributed by atoms with Gasteiger partial charge in [-0.15, -0.1) is 0 Å². The van der Waals surface area contributed by atoms with E-state index in [0.717, 1.165) is 6.42 Å². The molecular weight excluding hydrogens is 326 g/mol. The standard InChI is InChI=1S/C18H29NO4S/c1-12-10-13(24(21,22)23)8-9-15(12)19-16(20)14(18(5,6)7)11-17(2,3)4/h8-10,14H,11H2,1-7H3,(H,19,20)(H,21,22,23). The maximum Gasteiger partial charge on any atom is 0.294 e. The summed E-state index contributed by atoms with van der Waals surface area (Å²) < 4.78 is 31.5. The van der Waals surface area contributed by atoms with Gasteiger partial charge in [0.2, 0.25) is 5.91 Å². The van der Waals surface area contributed by atoms with Crippen LogP contribution in [0.4, 0.5) is 5.69 Å². The first kappa shape index (κ1) is 20.6. The molecule has 1 amide bonds. The number of benzene rings is 1. The minimum absolute atomic E-state index is 0.0131. The third-order valence-electron chi connectivity index (χ3n) is 3.93. The lowest BCUT2D eigenvalue weighted by atomic mass is 9.71. The summed E-state index contributed by atoms with van der Waals surface area (Å²) in [5.41, 5.74) is 0.955. The van der Waals surface area contributed by atoms with Crippen LogP contribution in [0.2, 0.25) is 0 Å². The molecule has 1 rings (SSSR count). The number of aryl methyl sites for hydroxylation is 1. The number of nitrogens with one attached hydrogen (secondary N) is 1. The summed E-state index contributed by atoms with van der Waals surface area (Å²) >= 11 is 0. The van der Waals surface area contributed by atoms with E-state index in [0.29, 0.717) is 11.3 Å². The lowest BCUT2D eigenvalue weighted by Crippen LogP contribution is -2.36. The van der Waals surface area contributed by atoms with Gasteiger partial charge in [0.05, 0.1) is 4.90 Å². The SMILES string of the molecule is Cc1cc(S(=O)(=O)O)ccc1NC(=O)C(CC(C)(C)C)C(C)(C)C. The van der Waals surface area contributed by atoms with Gasteiger partial charge in [-0.25, -0.2) is 0 Å². The molecule has 0 saturated heterocycles. The van der Waals surface area contributed by atoms with Crippen molar-refractivity contribution in [3.05, 3.63) is 23.8 Å². The number of amides is 1. The van der Waals surface area contributed by atoms with E-state index in [1.54, 1.807) is 6.92 Å². The summed E-state index contributed by atoms with van der Waals surface area (Å²) in [5.74, 6) is -0.265. The van der Waals surface area contributed by atoms with E-state index in [4.69, 9.17) is 4.55 Å². The predicted molar refractivity (Wildman–Crippen MR) is 96.6 cm³/mol. The Bertz CT molecular complexity index is 710. The fraction of sp³-hybridized carbons (Fsp3) is 0.611. The van der Waals surface area contributed by atoms with Crippen LogP contribution in [-0.4, -0.2) is 18.9 Å². The van der Waals surface area contributed by atoms with Gasteiger partial charge < -0.3 is 5.32 Å². The van der Waals surface area contributed by atoms with Gasteiger partial charge in [-0.3, -0.25) is 9.35 Å². The number of anilines is 1. The maximum absolute atomic E-state index is 12.8. The zero-order valence-corrected chi connectivity index (χ0v) is 16.4. The van der Waals surface area contributed by atoms with E-state index in [1.165, 1.54) is 18.2 Å². The van der Waals surface area contributed by atoms with Crippen LogP contribution in [0.3, 0.4) is 0 Å². The third-order valence-corrected chi connectivity index (χ3v) is 4.78. The summed E-state index contributed by atoms with van der Waals surface area (Å²) in [4.78, 5) is 12.6. The average molecular weight is 356 g/mol. The molecule has 0 aliphatic rings. The van der Waals surface area contributed by atoms with Crippen LogP contribution in [0, 0.1) is 23.7 Å². The van der Waals surface area contributed by atoms with Gasteiger partial charge in [-0.05, 0) is 47.9 Å². The van der Waals surface area contributed by atoms with E-state index in [1.807, 2.05) is 20.8 Å². The van der Waals surface area contributed by atoms with E-state index in [-0.39, 0.29) is 27.6 Å². The van der Waals surface area contributed by atoms with Gasteiger partial charge in [0.15, 0.2) is 0 Å². The van der Waals surface area contributed by atoms with Crippen molar-refractivity contribution in [2.75, 3.05) is 5.32 Å². The van der Waals surface area contributed by atoms with Crippen LogP contribution < -0.4 is 5.32 Å². The van der Waals surface area contributed by atoms with Gasteiger partial charge >= 0.3 is 0 Å². The minimum Gasteiger partial charge on any atom is -0.326 e. The molecule has 0 heterocycles. The van der Waals surface area contributed by atoms with Gasteiger partial charge in [0.25, 0.3) is 10.1 Å². The first-order chi connectivity index (χ1) is 10.6. The Hall–Kier alpha value is -1.40. The molecule has 5 nitrogen and oxygen atoms in total. The van der Waals surface area contributed by atoms with E-state index >= 15 is 0 Å². The van der Waals surface area contributed by atoms with Crippen molar-refractivity contribution in [3.8, 4) is 0 Å². The van der Waals surface area contributed by atoms with Crippen LogP contribution in [0.15, 0.2) is 23.1 Å². The Morgan fingerprint density at radius 3 is 2.08 bits per heavy atom. The van der Waals surface area contributed by atoms with Crippen molar-refractivity contribution in [1.82, 2.24) is 0 Å². The maximum atomic E-state index is 12.8. The molecule has 0 radical (unpaired) electrons. The molecule has 1 aromatic rings. The summed E-state index contributed by atoms with van der Waals surface area (Å²) in [6.45, 7) is 14.1. The molecule has 0 fully saturated rings. The van der Waals surface area contributed by atoms with E-state index in [2.05, 4.69) is 26.1 Å². The van der Waals surface area contributed by atoms with E-state index < -0.39 is 10.1 Å². The lowest BCUT2D eigenvalue weighted by Gasteiger charge is -2.34. The molecule has 6 heteroatoms. The number of carbonyl (C=O) groups excluding carboxylic acids is 1. The Labute approximate surface area is 145 Å². The monoisotopic (exact) mass is 355 g/mol. The summed E-state index contributed by atoms with van der Waals surface area (Å²) in [5, 5.41) is 2.90. The molecule has 0 aliphatic heterocycles. The molecule has 0 bridgehead atoms. The van der Waals surface area contributed by atoms with Gasteiger partial charge in [-0.2, -0.15) is 8.42 Å². The van der Waals surface area contributed by atoms with Crippen LogP contribution in [0.1, 0.15) is 53.5 Å². The Kier molecular flexibility index (Phi) is 5.89. The predicted octanol–water partition coefficient (Wildman–Crippen LogP) is 4.28. The molecule has 1 unspecified atom stereocenters. The molecule has 24 heavy (non-hydrogen) atoms. The largest absolute Gasteiger partial charge is 0.326 e. The average Bonchev–Trinajstić information content (AvgIpc) is 2.34. The zero-order valence-electron chi connectivity index (χ0n) is 15.6. The molecule has 0 aromatic heterocycles. The second-order valence-electron chi connectivity index (χ2n) is 8.62. The number of rotatable bonds is 4. The fourth-order valence-corrected chi connectivity index (χ4v) is 3.13. The van der Waals surface area contributed by atoms with Gasteiger partial charge in [0, 0.05) is 11.6 Å². The highest BCUT2D eigenvalue weighted by atomic mass is 32.2. The molecule has 0 aliphatic carbocycles. The first-order valence-corrected chi connectivity index (χ1v) is 9.44. The summed E-state index contributed by atoms with van der Waals surface area (Å²) in [7, 11) is -4.25. The van der Waals surface area contributed by atoms with Crippen molar-refractivity contribution >= 4 is 21.7 Å². The van der Waals surface area contributed by atoms with Crippen molar-refractivity contribution in [3.63, 3.8) is 0 Å². The van der Waals surface area contributed by atoms with Crippen molar-refractivity contribution in [2.24, 2.45) is 16.7 Å². The molecule has 2 N–H and O–H groups in total. The smallest absolute Gasteiger partial charge is 0.294 e. The summed E-state index contributed by atoms with van der Waals surface area (Å²) in [6.07, 6.45) is 0.741. The highest BCUT2D eigenvalue weighted by molar-refractivity contribution is 7.85. The van der Waals surface area contributed by atoms with Crippen molar-refractivity contribution in [1.29, 1.82) is 0 Å². The molecule has 1 aromatic carbocycles. The van der Waals surface area contributed by atoms with Crippen LogP contribution in [0.25, 0.3) is 0 Å². The lowest BCUT2D eigenvalue weighted by molar-refractivity contribution is -0.124. The number of carbonyl (C=O) groups is 1. The topological polar surface area (TPSA) is 83.5 Å². The van der Waals surface area contributed by atoms with Crippen LogP contribution in [0.5, 0.6) is 0 Å². The zero-order chi connectivity index (χ0) is 18.9. The third kappa shape index (κ3) is 5.91. The molecule has 0 spiro atoms. The quantitative estimate of drug-likeness (QED) is 0.790. The second-order valence-corrected chi connectivity index (χ2v) is 10.0. The number of hydrogen-bond donors (Lipinski definition) is 2. The highest BCUT2D eigenvalue weighted by Crippen LogP contribution is 2.37. The minimum atomic E-state index is -4.25. The molecule has 0 saturated carbocycles. The van der Waals surface area contributed by atoms with Crippen LogP contribution in [-0.2, 0) is 14.9 Å². The second kappa shape index (κ2) is 6.84. The summed E-state index contributed by atoms with van der Waals surface area (Å²) in [6, 6.07) is 4.14. The van der Waals surface area contributed by atoms with Crippen LogP contribution >= 0.6 is 0 Å². The van der Waals surface area contributed by atoms with Crippen molar-refractivity contribution in [2.45, 2.75) is 59.8 Å². The number of hydrogen-bond acceptors (Lipinski definition) is 3. The fourth-order valence-electron chi connectivity index (χ4n) is 2.56. The van der Waals surface area contributed by atoms with Crippen molar-refractivity contribution < 1.29 is 17.8 Å². The molecule has 1 atom stereocenters. The molecule has 136 valence electrons. The molecular formula is C18H29NO4S. The van der Waals surface area contributed by atoms with Gasteiger partial charge in [-0.1, -0.05) is 41.5 Å². The Morgan fingerprint density at radius 2 is 1.71 bits per heavy atom.